The summed E-state index contributed by atoms with van der Waals surface area (Å²) >= 11 is 0. The summed E-state index contributed by atoms with van der Waals surface area (Å²) in [5.41, 5.74) is 7.39. The predicted octanol–water partition coefficient (Wildman–Crippen LogP) is 8.43. The summed E-state index contributed by atoms with van der Waals surface area (Å²) in [6.45, 7) is 0. The number of fused-ring (bicyclic) bond motifs is 7. The molecule has 156 valence electrons. The van der Waals surface area contributed by atoms with E-state index in [1.165, 1.54) is 5.39 Å². The summed E-state index contributed by atoms with van der Waals surface area (Å²) in [7, 11) is 0. The molecule has 7 rings (SSSR count). The van der Waals surface area contributed by atoms with Gasteiger partial charge in [-0.15, -0.1) is 0 Å². The van der Waals surface area contributed by atoms with Crippen LogP contribution in [0.3, 0.4) is 0 Å². The topological polar surface area (TPSA) is 30.1 Å². The largest absolute Gasteiger partial charge is 0.455 e. The van der Waals surface area contributed by atoms with E-state index >= 15 is 0 Å². The van der Waals surface area contributed by atoms with E-state index in [1.807, 2.05) is 30.3 Å². The van der Waals surface area contributed by atoms with Crippen molar-refractivity contribution in [3.63, 3.8) is 0 Å². The van der Waals surface area contributed by atoms with Gasteiger partial charge in [-0.1, -0.05) is 54.6 Å². The van der Waals surface area contributed by atoms with Gasteiger partial charge in [0.05, 0.1) is 16.4 Å². The maximum atomic E-state index is 6.42. The van der Waals surface area contributed by atoms with Crippen LogP contribution in [-0.4, -0.2) is 4.57 Å². The number of rotatable bonds is 3. The SMILES string of the molecule is c1ccc(Nc2ccc3c4c5oc6ccccc6c5ccc4n(-c4ccccc4)c3c2)cc1. The lowest BCUT2D eigenvalue weighted by atomic mass is 10.1. The molecule has 7 aromatic rings. The van der Waals surface area contributed by atoms with Crippen molar-refractivity contribution in [2.24, 2.45) is 0 Å². The molecule has 2 heterocycles. The lowest BCUT2D eigenvalue weighted by Crippen LogP contribution is -1.94. The Kier molecular flexibility index (Phi) is 3.84. The summed E-state index contributed by atoms with van der Waals surface area (Å²) in [6, 6.07) is 40.0. The highest BCUT2D eigenvalue weighted by Crippen LogP contribution is 2.41. The second-order valence-corrected chi connectivity index (χ2v) is 8.33. The third-order valence-electron chi connectivity index (χ3n) is 6.35. The van der Waals surface area contributed by atoms with Gasteiger partial charge in [-0.3, -0.25) is 0 Å². The van der Waals surface area contributed by atoms with Gasteiger partial charge in [-0.05, 0) is 60.7 Å². The molecule has 0 saturated carbocycles. The molecule has 5 aromatic carbocycles. The Morgan fingerprint density at radius 3 is 2.12 bits per heavy atom. The van der Waals surface area contributed by atoms with Crippen molar-refractivity contribution in [1.82, 2.24) is 4.57 Å². The summed E-state index contributed by atoms with van der Waals surface area (Å²) in [5, 5.41) is 8.17. The second-order valence-electron chi connectivity index (χ2n) is 8.33. The Balaban J connectivity index is 1.57. The monoisotopic (exact) mass is 424 g/mol. The first-order valence-electron chi connectivity index (χ1n) is 11.1. The predicted molar refractivity (Wildman–Crippen MR) is 138 cm³/mol. The Labute approximate surface area is 190 Å². The Morgan fingerprint density at radius 1 is 0.545 bits per heavy atom. The summed E-state index contributed by atoms with van der Waals surface area (Å²) in [6.07, 6.45) is 0. The molecular weight excluding hydrogens is 404 g/mol. The number of hydrogen-bond donors (Lipinski definition) is 1. The zero-order valence-electron chi connectivity index (χ0n) is 17.8. The molecule has 33 heavy (non-hydrogen) atoms. The van der Waals surface area contributed by atoms with E-state index in [1.54, 1.807) is 0 Å². The third kappa shape index (κ3) is 2.76. The van der Waals surface area contributed by atoms with Crippen LogP contribution in [0.2, 0.25) is 0 Å². The van der Waals surface area contributed by atoms with Crippen molar-refractivity contribution in [2.75, 3.05) is 5.32 Å². The van der Waals surface area contributed by atoms with Crippen LogP contribution in [0.25, 0.3) is 49.4 Å². The number of benzene rings is 5. The molecule has 0 radical (unpaired) electrons. The summed E-state index contributed by atoms with van der Waals surface area (Å²) < 4.78 is 8.75. The van der Waals surface area contributed by atoms with Crippen molar-refractivity contribution in [3.05, 3.63) is 115 Å². The molecule has 1 N–H and O–H groups in total. The third-order valence-corrected chi connectivity index (χ3v) is 6.35. The minimum absolute atomic E-state index is 0.919. The minimum Gasteiger partial charge on any atom is -0.455 e. The Hall–Kier alpha value is -4.50. The van der Waals surface area contributed by atoms with Gasteiger partial charge in [0, 0.05) is 33.2 Å². The molecule has 3 nitrogen and oxygen atoms in total. The van der Waals surface area contributed by atoms with E-state index in [0.717, 1.165) is 55.4 Å². The first kappa shape index (κ1) is 18.1. The standard InChI is InChI=1S/C30H20N2O/c1-3-9-20(10-4-1)31-21-15-16-25-27(19-21)32(22-11-5-2-6-12-22)26-18-17-24-23-13-7-8-14-28(23)33-30(24)29(25)26/h1-19,31H. The van der Waals surface area contributed by atoms with Crippen LogP contribution in [0.5, 0.6) is 0 Å². The molecule has 0 aliphatic carbocycles. The van der Waals surface area contributed by atoms with E-state index in [9.17, 15) is 0 Å². The molecule has 3 heteroatoms. The zero-order valence-corrected chi connectivity index (χ0v) is 17.8. The molecule has 0 bridgehead atoms. The Morgan fingerprint density at radius 2 is 1.27 bits per heavy atom. The van der Waals surface area contributed by atoms with Crippen LogP contribution >= 0.6 is 0 Å². The van der Waals surface area contributed by atoms with E-state index in [4.69, 9.17) is 4.42 Å². The molecule has 0 atom stereocenters. The number of furan rings is 1. The highest BCUT2D eigenvalue weighted by atomic mass is 16.3. The van der Waals surface area contributed by atoms with E-state index in [2.05, 4.69) is 94.8 Å². The first-order valence-corrected chi connectivity index (χ1v) is 11.1. The average Bonchev–Trinajstić information content (AvgIpc) is 3.40. The van der Waals surface area contributed by atoms with Gasteiger partial charge in [-0.2, -0.15) is 0 Å². The molecule has 0 aliphatic heterocycles. The lowest BCUT2D eigenvalue weighted by Gasteiger charge is -2.10. The number of para-hydroxylation sites is 3. The van der Waals surface area contributed by atoms with Crippen LogP contribution < -0.4 is 5.32 Å². The number of nitrogens with zero attached hydrogens (tertiary/aromatic N) is 1. The molecule has 0 saturated heterocycles. The smallest absolute Gasteiger partial charge is 0.145 e. The first-order chi connectivity index (χ1) is 16.4. The van der Waals surface area contributed by atoms with Gasteiger partial charge in [0.2, 0.25) is 0 Å². The number of nitrogens with one attached hydrogen (secondary N) is 1. The number of aromatic nitrogens is 1. The second kappa shape index (κ2) is 7.01. The van der Waals surface area contributed by atoms with Crippen LogP contribution in [0, 0.1) is 0 Å². The quantitative estimate of drug-likeness (QED) is 0.308. The number of hydrogen-bond acceptors (Lipinski definition) is 2. The normalized spacial score (nSPS) is 11.6. The highest BCUT2D eigenvalue weighted by molar-refractivity contribution is 6.24. The average molecular weight is 425 g/mol. The van der Waals surface area contributed by atoms with Gasteiger partial charge in [0.15, 0.2) is 0 Å². The van der Waals surface area contributed by atoms with Crippen molar-refractivity contribution < 1.29 is 4.42 Å². The van der Waals surface area contributed by atoms with Gasteiger partial charge in [0.25, 0.3) is 0 Å². The molecule has 2 aromatic heterocycles. The van der Waals surface area contributed by atoms with Crippen molar-refractivity contribution in [1.29, 1.82) is 0 Å². The van der Waals surface area contributed by atoms with Gasteiger partial charge >= 0.3 is 0 Å². The van der Waals surface area contributed by atoms with Crippen LogP contribution in [-0.2, 0) is 0 Å². The Bertz CT molecular complexity index is 1780. The van der Waals surface area contributed by atoms with Gasteiger partial charge in [-0.25, -0.2) is 0 Å². The lowest BCUT2D eigenvalue weighted by molar-refractivity contribution is 0.673. The van der Waals surface area contributed by atoms with Crippen molar-refractivity contribution in [3.8, 4) is 5.69 Å². The van der Waals surface area contributed by atoms with Crippen LogP contribution in [0.4, 0.5) is 11.4 Å². The maximum Gasteiger partial charge on any atom is 0.145 e. The fourth-order valence-electron chi connectivity index (χ4n) is 4.90. The molecule has 0 amide bonds. The zero-order chi connectivity index (χ0) is 21.8. The minimum atomic E-state index is 0.919. The molecular formula is C30H20N2O. The fourth-order valence-corrected chi connectivity index (χ4v) is 4.90. The van der Waals surface area contributed by atoms with E-state index in [-0.39, 0.29) is 0 Å². The van der Waals surface area contributed by atoms with Crippen LogP contribution in [0.1, 0.15) is 0 Å². The summed E-state index contributed by atoms with van der Waals surface area (Å²) in [4.78, 5) is 0. The van der Waals surface area contributed by atoms with Crippen molar-refractivity contribution in [2.45, 2.75) is 0 Å². The summed E-state index contributed by atoms with van der Waals surface area (Å²) in [5.74, 6) is 0. The van der Waals surface area contributed by atoms with Crippen molar-refractivity contribution >= 4 is 55.1 Å². The molecule has 0 aliphatic rings. The van der Waals surface area contributed by atoms with E-state index < -0.39 is 0 Å². The van der Waals surface area contributed by atoms with E-state index in [0.29, 0.717) is 0 Å². The number of anilines is 2. The highest BCUT2D eigenvalue weighted by Gasteiger charge is 2.18. The van der Waals surface area contributed by atoms with Gasteiger partial charge in [0.1, 0.15) is 11.2 Å². The van der Waals surface area contributed by atoms with Crippen LogP contribution in [0.15, 0.2) is 120 Å². The molecule has 0 spiro atoms. The van der Waals surface area contributed by atoms with Gasteiger partial charge < -0.3 is 14.3 Å². The molecule has 0 fully saturated rings. The fraction of sp³-hybridized carbons (Fsp3) is 0. The maximum absolute atomic E-state index is 6.42. The molecule has 0 unspecified atom stereocenters.